The summed E-state index contributed by atoms with van der Waals surface area (Å²) < 4.78 is 0. The van der Waals surface area contributed by atoms with Crippen molar-refractivity contribution in [2.45, 2.75) is 50.6 Å². The Kier molecular flexibility index (Phi) is 4.10. The number of amides is 1. The monoisotopic (exact) mass is 293 g/mol. The molecule has 3 rings (SSSR count). The Morgan fingerprint density at radius 3 is 2.85 bits per heavy atom. The average Bonchev–Trinajstić information content (AvgIpc) is 3.26. The summed E-state index contributed by atoms with van der Waals surface area (Å²) in [7, 11) is 0. The Morgan fingerprint density at radius 1 is 1.25 bits per heavy atom. The lowest BCUT2D eigenvalue weighted by Gasteiger charge is -2.30. The molecule has 20 heavy (non-hydrogen) atoms. The molecule has 0 aromatic carbocycles. The van der Waals surface area contributed by atoms with Gasteiger partial charge in [0.05, 0.1) is 10.7 Å². The molecule has 0 unspecified atom stereocenters. The number of nitrogens with one attached hydrogen (secondary N) is 2. The Hall–Kier alpha value is -1.29. The van der Waals surface area contributed by atoms with E-state index in [1.165, 1.54) is 0 Å². The molecule has 0 saturated heterocycles. The summed E-state index contributed by atoms with van der Waals surface area (Å²) in [4.78, 5) is 16.1. The molecule has 1 aromatic heterocycles. The third-order valence-corrected chi connectivity index (χ3v) is 4.40. The lowest BCUT2D eigenvalue weighted by atomic mass is 9.85. The summed E-state index contributed by atoms with van der Waals surface area (Å²) >= 11 is 6.12. The summed E-state index contributed by atoms with van der Waals surface area (Å²) in [6.07, 6.45) is 9.73. The fourth-order valence-electron chi connectivity index (χ4n) is 2.82. The van der Waals surface area contributed by atoms with Crippen molar-refractivity contribution in [3.8, 4) is 0 Å². The molecular formula is C15H20ClN3O. The Labute approximate surface area is 124 Å². The average molecular weight is 294 g/mol. The van der Waals surface area contributed by atoms with Crippen LogP contribution in [-0.4, -0.2) is 23.0 Å². The van der Waals surface area contributed by atoms with Crippen molar-refractivity contribution in [3.05, 3.63) is 23.5 Å². The highest BCUT2D eigenvalue weighted by Crippen LogP contribution is 2.30. The number of carbonyl (C=O) groups is 1. The Morgan fingerprint density at radius 2 is 2.10 bits per heavy atom. The van der Waals surface area contributed by atoms with Crippen LogP contribution in [0.2, 0.25) is 5.02 Å². The first kappa shape index (κ1) is 13.7. The van der Waals surface area contributed by atoms with Crippen molar-refractivity contribution in [3.63, 3.8) is 0 Å². The highest BCUT2D eigenvalue weighted by molar-refractivity contribution is 6.33. The van der Waals surface area contributed by atoms with Crippen molar-refractivity contribution < 1.29 is 4.79 Å². The predicted octanol–water partition coefficient (Wildman–Crippen LogP) is 2.98. The van der Waals surface area contributed by atoms with E-state index < -0.39 is 0 Å². The van der Waals surface area contributed by atoms with Crippen molar-refractivity contribution >= 4 is 23.2 Å². The molecule has 0 aliphatic heterocycles. The first-order chi connectivity index (χ1) is 9.72. The summed E-state index contributed by atoms with van der Waals surface area (Å²) in [6.45, 7) is 0. The van der Waals surface area contributed by atoms with Gasteiger partial charge in [0.25, 0.3) is 0 Å². The zero-order chi connectivity index (χ0) is 13.9. The summed E-state index contributed by atoms with van der Waals surface area (Å²) in [5, 5.41) is 7.20. The van der Waals surface area contributed by atoms with Gasteiger partial charge in [0, 0.05) is 30.4 Å². The fraction of sp³-hybridized carbons (Fsp3) is 0.600. The van der Waals surface area contributed by atoms with E-state index in [0.29, 0.717) is 17.1 Å². The van der Waals surface area contributed by atoms with Gasteiger partial charge in [-0.3, -0.25) is 9.78 Å². The van der Waals surface area contributed by atoms with Crippen LogP contribution in [0.3, 0.4) is 0 Å². The molecule has 5 heteroatoms. The summed E-state index contributed by atoms with van der Waals surface area (Å²) in [6, 6.07) is 2.65. The summed E-state index contributed by atoms with van der Waals surface area (Å²) in [5.41, 5.74) is 0.912. The molecule has 4 nitrogen and oxygen atoms in total. The minimum Gasteiger partial charge on any atom is -0.381 e. The molecule has 1 heterocycles. The number of hydrogen-bond acceptors (Lipinski definition) is 3. The van der Waals surface area contributed by atoms with Gasteiger partial charge in [-0.2, -0.15) is 0 Å². The number of nitrogens with zero attached hydrogens (tertiary/aromatic N) is 1. The number of halogens is 1. The third-order valence-electron chi connectivity index (χ3n) is 4.10. The van der Waals surface area contributed by atoms with Crippen LogP contribution in [0.4, 0.5) is 5.69 Å². The second-order valence-corrected chi connectivity index (χ2v) is 6.25. The maximum Gasteiger partial charge on any atom is 0.223 e. The summed E-state index contributed by atoms with van der Waals surface area (Å²) in [5.74, 6) is 0.377. The topological polar surface area (TPSA) is 54.0 Å². The van der Waals surface area contributed by atoms with E-state index in [4.69, 9.17) is 11.6 Å². The molecule has 2 saturated carbocycles. The number of aromatic nitrogens is 1. The molecule has 1 aromatic rings. The fourth-order valence-corrected chi connectivity index (χ4v) is 2.99. The number of carbonyl (C=O) groups excluding carboxylic acids is 1. The maximum absolute atomic E-state index is 12.1. The smallest absolute Gasteiger partial charge is 0.223 e. The third kappa shape index (κ3) is 3.42. The number of rotatable bonds is 4. The van der Waals surface area contributed by atoms with Gasteiger partial charge in [0.1, 0.15) is 0 Å². The van der Waals surface area contributed by atoms with Gasteiger partial charge in [-0.15, -0.1) is 0 Å². The first-order valence-corrected chi connectivity index (χ1v) is 7.76. The molecule has 2 atom stereocenters. The van der Waals surface area contributed by atoms with E-state index >= 15 is 0 Å². The van der Waals surface area contributed by atoms with E-state index in [1.54, 1.807) is 12.4 Å². The maximum atomic E-state index is 12.1. The van der Waals surface area contributed by atoms with Crippen molar-refractivity contribution in [2.75, 3.05) is 5.32 Å². The van der Waals surface area contributed by atoms with Crippen LogP contribution in [0, 0.1) is 5.92 Å². The second kappa shape index (κ2) is 6.00. The van der Waals surface area contributed by atoms with Gasteiger partial charge in [0.2, 0.25) is 5.91 Å². The zero-order valence-corrected chi connectivity index (χ0v) is 12.2. The van der Waals surface area contributed by atoms with Crippen LogP contribution in [-0.2, 0) is 4.79 Å². The SMILES string of the molecule is O=C(NC1CC1)[C@@H]1CCC[C@@H](Nc2ccncc2Cl)C1. The van der Waals surface area contributed by atoms with Crippen molar-refractivity contribution in [2.24, 2.45) is 5.92 Å². The van der Waals surface area contributed by atoms with Gasteiger partial charge >= 0.3 is 0 Å². The number of pyridine rings is 1. The number of hydrogen-bond donors (Lipinski definition) is 2. The molecule has 1 amide bonds. The van der Waals surface area contributed by atoms with E-state index in [1.807, 2.05) is 6.07 Å². The van der Waals surface area contributed by atoms with Crippen LogP contribution < -0.4 is 10.6 Å². The quantitative estimate of drug-likeness (QED) is 0.897. The van der Waals surface area contributed by atoms with Crippen molar-refractivity contribution in [1.82, 2.24) is 10.3 Å². The molecule has 108 valence electrons. The lowest BCUT2D eigenvalue weighted by Crippen LogP contribution is -2.38. The lowest BCUT2D eigenvalue weighted by molar-refractivity contribution is -0.126. The van der Waals surface area contributed by atoms with Crippen molar-refractivity contribution in [1.29, 1.82) is 0 Å². The Balaban J connectivity index is 1.57. The van der Waals surface area contributed by atoms with Crippen LogP contribution in [0.15, 0.2) is 18.5 Å². The van der Waals surface area contributed by atoms with Gasteiger partial charge in [0.15, 0.2) is 0 Å². The number of anilines is 1. The van der Waals surface area contributed by atoms with Gasteiger partial charge < -0.3 is 10.6 Å². The molecule has 0 spiro atoms. The second-order valence-electron chi connectivity index (χ2n) is 5.84. The molecule has 2 fully saturated rings. The van der Waals surface area contributed by atoms with E-state index in [9.17, 15) is 4.79 Å². The Bertz CT molecular complexity index is 490. The van der Waals surface area contributed by atoms with E-state index in [0.717, 1.165) is 44.2 Å². The minimum absolute atomic E-state index is 0.141. The largest absolute Gasteiger partial charge is 0.381 e. The van der Waals surface area contributed by atoms with Gasteiger partial charge in [-0.25, -0.2) is 0 Å². The van der Waals surface area contributed by atoms with Crippen LogP contribution >= 0.6 is 11.6 Å². The van der Waals surface area contributed by atoms with E-state index in [2.05, 4.69) is 15.6 Å². The van der Waals surface area contributed by atoms with Crippen LogP contribution in [0.1, 0.15) is 38.5 Å². The van der Waals surface area contributed by atoms with Crippen LogP contribution in [0.25, 0.3) is 0 Å². The molecule has 0 radical (unpaired) electrons. The molecule has 0 bridgehead atoms. The highest BCUT2D eigenvalue weighted by atomic mass is 35.5. The normalized spacial score (nSPS) is 26.1. The first-order valence-electron chi connectivity index (χ1n) is 7.39. The van der Waals surface area contributed by atoms with E-state index in [-0.39, 0.29) is 11.8 Å². The standard InChI is InChI=1S/C15H20ClN3O/c16-13-9-17-7-6-14(13)18-12-3-1-2-10(8-12)15(20)19-11-4-5-11/h6-7,9-12H,1-5,8H2,(H,17,18)(H,19,20)/t10-,12-/m1/s1. The molecule has 2 aliphatic rings. The van der Waals surface area contributed by atoms with Gasteiger partial charge in [-0.05, 0) is 38.2 Å². The predicted molar refractivity (Wildman–Crippen MR) is 79.8 cm³/mol. The van der Waals surface area contributed by atoms with Crippen LogP contribution in [0.5, 0.6) is 0 Å². The molecular weight excluding hydrogens is 274 g/mol. The highest BCUT2D eigenvalue weighted by Gasteiger charge is 2.31. The zero-order valence-electron chi connectivity index (χ0n) is 11.4. The molecule has 2 aliphatic carbocycles. The minimum atomic E-state index is 0.141. The molecule has 2 N–H and O–H groups in total. The van der Waals surface area contributed by atoms with Gasteiger partial charge in [-0.1, -0.05) is 18.0 Å².